The second-order valence-electron chi connectivity index (χ2n) is 3.46. The minimum Gasteiger partial charge on any atom is -0.465 e. The van der Waals surface area contributed by atoms with Crippen LogP contribution in [0.3, 0.4) is 0 Å². The van der Waals surface area contributed by atoms with E-state index in [0.717, 1.165) is 5.56 Å². The molecular formula is C12H18ClO4PS2. The molecule has 4 nitrogen and oxygen atoms in total. The third kappa shape index (κ3) is 5.72. The molecule has 1 unspecified atom stereocenters. The first-order valence-electron chi connectivity index (χ1n) is 5.67. The van der Waals surface area contributed by atoms with Crippen molar-refractivity contribution in [3.05, 3.63) is 35.9 Å². The van der Waals surface area contributed by atoms with Crippen molar-refractivity contribution in [1.82, 2.24) is 0 Å². The third-order valence-corrected chi connectivity index (χ3v) is 8.08. The molecule has 1 rings (SSSR count). The van der Waals surface area contributed by atoms with E-state index in [4.69, 9.17) is 25.6 Å². The Balaban J connectivity index is 0.00000361. The van der Waals surface area contributed by atoms with Crippen LogP contribution in [0, 0.1) is 0 Å². The van der Waals surface area contributed by atoms with Crippen molar-refractivity contribution in [2.45, 2.75) is 12.2 Å². The number of carbonyl (C=O) groups excluding carboxylic acids is 1. The highest BCUT2D eigenvalue weighted by Gasteiger charge is 2.31. The zero-order chi connectivity index (χ0) is 14.3. The van der Waals surface area contributed by atoms with Gasteiger partial charge < -0.3 is 13.8 Å². The van der Waals surface area contributed by atoms with Crippen LogP contribution >= 0.6 is 29.5 Å². The molecule has 0 N–H and O–H groups in total. The van der Waals surface area contributed by atoms with Crippen LogP contribution in [0.5, 0.6) is 0 Å². The first-order chi connectivity index (χ1) is 9.06. The summed E-state index contributed by atoms with van der Waals surface area (Å²) in [5, 5.41) is -0.535. The van der Waals surface area contributed by atoms with Gasteiger partial charge in [-0.05, 0) is 24.3 Å². The summed E-state index contributed by atoms with van der Waals surface area (Å²) in [5.74, 6) is -0.331. The number of hydrogen-bond donors (Lipinski definition) is 0. The normalized spacial score (nSPS) is 12.3. The number of benzene rings is 1. The zero-order valence-electron chi connectivity index (χ0n) is 11.5. The van der Waals surface area contributed by atoms with Gasteiger partial charge in [-0.1, -0.05) is 41.7 Å². The van der Waals surface area contributed by atoms with E-state index in [2.05, 4.69) is 0 Å². The lowest BCUT2D eigenvalue weighted by molar-refractivity contribution is -0.142. The summed E-state index contributed by atoms with van der Waals surface area (Å²) in [7, 11) is 2.98. The molecule has 1 aromatic rings. The second-order valence-corrected chi connectivity index (χ2v) is 9.98. The van der Waals surface area contributed by atoms with Gasteiger partial charge in [0.15, 0.2) is 0 Å². The summed E-state index contributed by atoms with van der Waals surface area (Å²) in [4.78, 5) is 12.1. The van der Waals surface area contributed by atoms with E-state index < -0.39 is 10.9 Å². The predicted octanol–water partition coefficient (Wildman–Crippen LogP) is 3.96. The number of hydrogen-bond acceptors (Lipinski definition) is 6. The molecule has 8 heteroatoms. The smallest absolute Gasteiger partial charge is 0.324 e. The topological polar surface area (TPSA) is 44.8 Å². The summed E-state index contributed by atoms with van der Waals surface area (Å²) in [6.07, 6.45) is 0. The van der Waals surface area contributed by atoms with E-state index in [1.165, 1.54) is 25.6 Å². The minimum atomic E-state index is -2.53. The maximum absolute atomic E-state index is 12.1. The van der Waals surface area contributed by atoms with Crippen molar-refractivity contribution in [2.24, 2.45) is 0 Å². The number of ether oxygens (including phenoxy) is 1. The van der Waals surface area contributed by atoms with Gasteiger partial charge in [-0.3, -0.25) is 4.79 Å². The number of esters is 1. The van der Waals surface area contributed by atoms with Crippen molar-refractivity contribution < 1.29 is 18.6 Å². The van der Waals surface area contributed by atoms with Crippen molar-refractivity contribution in [2.75, 3.05) is 20.8 Å². The lowest BCUT2D eigenvalue weighted by Crippen LogP contribution is -2.13. The van der Waals surface area contributed by atoms with Crippen LogP contribution in [0.25, 0.3) is 0 Å². The Morgan fingerprint density at radius 2 is 1.85 bits per heavy atom. The van der Waals surface area contributed by atoms with Gasteiger partial charge in [-0.25, -0.2) is 0 Å². The van der Waals surface area contributed by atoms with Crippen LogP contribution in [0.15, 0.2) is 30.3 Å². The largest absolute Gasteiger partial charge is 0.465 e. The number of rotatable bonds is 7. The molecule has 0 aliphatic heterocycles. The summed E-state index contributed by atoms with van der Waals surface area (Å²) >= 11 is 6.51. The Labute approximate surface area is 134 Å². The molecule has 1 aromatic carbocycles. The molecule has 0 saturated carbocycles. The lowest BCUT2D eigenvalue weighted by atomic mass is 10.1. The van der Waals surface area contributed by atoms with Crippen LogP contribution in [0.1, 0.15) is 17.7 Å². The average Bonchev–Trinajstić information content (AvgIpc) is 2.45. The Morgan fingerprint density at radius 3 is 2.30 bits per heavy atom. The lowest BCUT2D eigenvalue weighted by Gasteiger charge is -2.22. The zero-order valence-corrected chi connectivity index (χ0v) is 14.8. The summed E-state index contributed by atoms with van der Waals surface area (Å²) in [5.41, 5.74) is -1.70. The van der Waals surface area contributed by atoms with E-state index in [1.54, 1.807) is 6.92 Å². The van der Waals surface area contributed by atoms with Crippen molar-refractivity contribution in [1.29, 1.82) is 0 Å². The molecule has 0 amide bonds. The second kappa shape index (κ2) is 9.77. The van der Waals surface area contributed by atoms with E-state index in [9.17, 15) is 4.79 Å². The minimum absolute atomic E-state index is 0. The number of carbonyl (C=O) groups is 1. The molecule has 0 heterocycles. The van der Waals surface area contributed by atoms with Gasteiger partial charge in [0, 0.05) is 14.2 Å². The van der Waals surface area contributed by atoms with Crippen molar-refractivity contribution in [3.63, 3.8) is 0 Å². The molecule has 0 spiro atoms. The molecule has 1 atom stereocenters. The van der Waals surface area contributed by atoms with Crippen LogP contribution in [0.2, 0.25) is 0 Å². The van der Waals surface area contributed by atoms with E-state index in [-0.39, 0.29) is 18.4 Å². The molecule has 114 valence electrons. The quantitative estimate of drug-likeness (QED) is 0.544. The average molecular weight is 357 g/mol. The molecule has 0 aromatic heterocycles. The van der Waals surface area contributed by atoms with Crippen molar-refractivity contribution in [3.8, 4) is 0 Å². The van der Waals surface area contributed by atoms with Gasteiger partial charge >= 0.3 is 5.97 Å². The molecule has 0 fully saturated rings. The van der Waals surface area contributed by atoms with E-state index in [1.807, 2.05) is 30.3 Å². The SMILES string of the molecule is CCOC(=O)C(SP(=S)(OC)OC)c1ccccc1.Cl. The first kappa shape index (κ1) is 19.9. The summed E-state index contributed by atoms with van der Waals surface area (Å²) in [6.45, 7) is 2.10. The Bertz CT molecular complexity index is 450. The van der Waals surface area contributed by atoms with Gasteiger partial charge in [0.05, 0.1) is 6.61 Å². The molecule has 0 radical (unpaired) electrons. The van der Waals surface area contributed by atoms with E-state index in [0.29, 0.717) is 6.61 Å². The fourth-order valence-corrected chi connectivity index (χ4v) is 5.08. The highest BCUT2D eigenvalue weighted by molar-refractivity contribution is 8.68. The van der Waals surface area contributed by atoms with Crippen LogP contribution in [0.4, 0.5) is 0 Å². The molecule has 0 aliphatic carbocycles. The fraction of sp³-hybridized carbons (Fsp3) is 0.417. The van der Waals surface area contributed by atoms with Gasteiger partial charge in [-0.2, -0.15) is 0 Å². The maximum atomic E-state index is 12.1. The fourth-order valence-electron chi connectivity index (χ4n) is 1.38. The Morgan fingerprint density at radius 1 is 1.30 bits per heavy atom. The van der Waals surface area contributed by atoms with Gasteiger partial charge in [-0.15, -0.1) is 12.4 Å². The van der Waals surface area contributed by atoms with E-state index >= 15 is 0 Å². The standard InChI is InChI=1S/C12H17O4PS2.ClH/c1-4-16-12(13)11(10-8-6-5-7-9-10)19-17(18,14-2)15-3;/h5-9,11H,4H2,1-3H3;1H. The van der Waals surface area contributed by atoms with Gasteiger partial charge in [0.1, 0.15) is 5.25 Å². The predicted molar refractivity (Wildman–Crippen MR) is 89.0 cm³/mol. The summed E-state index contributed by atoms with van der Waals surface area (Å²) in [6, 6.07) is 9.34. The number of halogens is 1. The van der Waals surface area contributed by atoms with Crippen molar-refractivity contribution >= 4 is 47.3 Å². The van der Waals surface area contributed by atoms with Gasteiger partial charge in [0.25, 0.3) is 0 Å². The molecular weight excluding hydrogens is 339 g/mol. The van der Waals surface area contributed by atoms with Crippen LogP contribution in [-0.4, -0.2) is 26.8 Å². The van der Waals surface area contributed by atoms with Crippen LogP contribution in [-0.2, 0) is 30.4 Å². The van der Waals surface area contributed by atoms with Gasteiger partial charge in [0.2, 0.25) is 5.69 Å². The Hall–Kier alpha value is -0.100. The first-order valence-corrected chi connectivity index (χ1v) is 9.80. The Kier molecular flexibility index (Phi) is 9.72. The summed E-state index contributed by atoms with van der Waals surface area (Å²) < 4.78 is 15.5. The molecule has 0 saturated heterocycles. The monoisotopic (exact) mass is 356 g/mol. The third-order valence-electron chi connectivity index (χ3n) is 2.28. The highest BCUT2D eigenvalue weighted by atomic mass is 35.5. The maximum Gasteiger partial charge on any atom is 0.324 e. The molecule has 0 bridgehead atoms. The highest BCUT2D eigenvalue weighted by Crippen LogP contribution is 2.65. The van der Waals surface area contributed by atoms with Crippen LogP contribution < -0.4 is 0 Å². The molecule has 20 heavy (non-hydrogen) atoms. The molecule has 0 aliphatic rings.